The molecule has 1 aromatic heterocycles. The van der Waals surface area contributed by atoms with E-state index in [2.05, 4.69) is 15.0 Å². The summed E-state index contributed by atoms with van der Waals surface area (Å²) in [5.41, 5.74) is 3.31. The normalized spacial score (nSPS) is 15.6. The summed E-state index contributed by atoms with van der Waals surface area (Å²) < 4.78 is 29.8. The van der Waals surface area contributed by atoms with Crippen LogP contribution in [0, 0.1) is 30.9 Å². The molecule has 0 atom stereocenters. The van der Waals surface area contributed by atoms with Crippen molar-refractivity contribution in [2.45, 2.75) is 32.3 Å². The van der Waals surface area contributed by atoms with Crippen LogP contribution < -0.4 is 0 Å². The number of hydrogen-bond donors (Lipinski definition) is 0. The molecule has 4 rings (SSSR count). The topological polar surface area (TPSA) is 114 Å². The Kier molecular flexibility index (Phi) is 6.28. The average molecular weight is 471 g/mol. The first-order valence-electron chi connectivity index (χ1n) is 10.6. The van der Waals surface area contributed by atoms with E-state index < -0.39 is 14.9 Å². The molecule has 0 amide bonds. The largest absolute Gasteiger partial charge is 0.282 e. The van der Waals surface area contributed by atoms with E-state index in [0.717, 1.165) is 16.7 Å². The summed E-state index contributed by atoms with van der Waals surface area (Å²) in [6.45, 7) is 8.10. The Labute approximate surface area is 192 Å². The van der Waals surface area contributed by atoms with Crippen LogP contribution in [0.15, 0.2) is 47.6 Å². The zero-order chi connectivity index (χ0) is 23.8. The van der Waals surface area contributed by atoms with E-state index in [4.69, 9.17) is 0 Å². The molecular weight excluding hydrogens is 444 g/mol. The molecule has 174 valence electrons. The fraction of sp³-hybridized carbons (Fsp3) is 0.364. The maximum Gasteiger partial charge on any atom is 0.269 e. The number of nitrogens with zero attached hydrogens (tertiary/aromatic N) is 6. The van der Waals surface area contributed by atoms with Crippen LogP contribution in [0.2, 0.25) is 0 Å². The standard InChI is InChI=1S/C22H26N6O4S/c1-16-12-17(2)21(18(3)13-16)33(31,32)27-10-8-25(9-11-27)15-26-14-23-22(24-26)19-4-6-20(7-5-19)28(29)30/h4-7,12-14H,8-11,15H2,1-3H3. The maximum absolute atomic E-state index is 13.3. The monoisotopic (exact) mass is 470 g/mol. The van der Waals surface area contributed by atoms with Crippen LogP contribution in [0.1, 0.15) is 16.7 Å². The van der Waals surface area contributed by atoms with Crippen LogP contribution in [-0.2, 0) is 16.7 Å². The Morgan fingerprint density at radius 3 is 2.18 bits per heavy atom. The molecule has 0 aliphatic carbocycles. The number of benzene rings is 2. The molecular formula is C22H26N6O4S. The third kappa shape index (κ3) is 4.80. The zero-order valence-corrected chi connectivity index (χ0v) is 19.6. The molecule has 2 heterocycles. The highest BCUT2D eigenvalue weighted by atomic mass is 32.2. The van der Waals surface area contributed by atoms with E-state index in [0.29, 0.717) is 49.1 Å². The molecule has 0 unspecified atom stereocenters. The Bertz CT molecular complexity index is 1260. The summed E-state index contributed by atoms with van der Waals surface area (Å²) >= 11 is 0. The molecule has 0 saturated carbocycles. The summed E-state index contributed by atoms with van der Waals surface area (Å²) in [5, 5.41) is 15.3. The van der Waals surface area contributed by atoms with Crippen molar-refractivity contribution in [1.29, 1.82) is 0 Å². The predicted octanol–water partition coefficient (Wildman–Crippen LogP) is 2.74. The lowest BCUT2D eigenvalue weighted by Crippen LogP contribution is -2.49. The first kappa shape index (κ1) is 23.0. The third-order valence-corrected chi connectivity index (χ3v) is 7.96. The number of non-ortho nitro benzene ring substituents is 1. The second kappa shape index (κ2) is 9.00. The van der Waals surface area contributed by atoms with E-state index in [1.165, 1.54) is 12.1 Å². The number of piperazine rings is 1. The molecule has 33 heavy (non-hydrogen) atoms. The number of nitro benzene ring substituents is 1. The van der Waals surface area contributed by atoms with Crippen molar-refractivity contribution in [1.82, 2.24) is 24.0 Å². The predicted molar refractivity (Wildman–Crippen MR) is 123 cm³/mol. The minimum Gasteiger partial charge on any atom is -0.282 e. The highest BCUT2D eigenvalue weighted by Gasteiger charge is 2.31. The van der Waals surface area contributed by atoms with E-state index in [1.807, 2.05) is 32.9 Å². The van der Waals surface area contributed by atoms with Crippen LogP contribution >= 0.6 is 0 Å². The average Bonchev–Trinajstić information content (AvgIpc) is 3.21. The van der Waals surface area contributed by atoms with Crippen molar-refractivity contribution in [2.24, 2.45) is 0 Å². The van der Waals surface area contributed by atoms with Gasteiger partial charge in [0.2, 0.25) is 10.0 Å². The lowest BCUT2D eigenvalue weighted by Gasteiger charge is -2.34. The van der Waals surface area contributed by atoms with Gasteiger partial charge in [-0.1, -0.05) is 17.7 Å². The number of nitro groups is 1. The van der Waals surface area contributed by atoms with Gasteiger partial charge in [-0.15, -0.1) is 5.10 Å². The Morgan fingerprint density at radius 2 is 1.61 bits per heavy atom. The second-order valence-corrected chi connectivity index (χ2v) is 10.2. The first-order valence-corrected chi connectivity index (χ1v) is 12.0. The van der Waals surface area contributed by atoms with E-state index in [9.17, 15) is 18.5 Å². The van der Waals surface area contributed by atoms with Crippen molar-refractivity contribution in [3.05, 3.63) is 69.5 Å². The smallest absolute Gasteiger partial charge is 0.269 e. The number of rotatable bonds is 6. The Balaban J connectivity index is 1.40. The van der Waals surface area contributed by atoms with Gasteiger partial charge < -0.3 is 0 Å². The minimum absolute atomic E-state index is 0.0158. The van der Waals surface area contributed by atoms with Gasteiger partial charge >= 0.3 is 0 Å². The molecule has 11 heteroatoms. The number of sulfonamides is 1. The van der Waals surface area contributed by atoms with E-state index >= 15 is 0 Å². The molecule has 1 saturated heterocycles. The fourth-order valence-corrected chi connectivity index (χ4v) is 6.08. The van der Waals surface area contributed by atoms with E-state index in [1.54, 1.807) is 27.4 Å². The lowest BCUT2D eigenvalue weighted by atomic mass is 10.1. The third-order valence-electron chi connectivity index (χ3n) is 5.75. The van der Waals surface area contributed by atoms with Gasteiger partial charge in [-0.05, 0) is 44.0 Å². The summed E-state index contributed by atoms with van der Waals surface area (Å²) in [6.07, 6.45) is 1.61. The van der Waals surface area contributed by atoms with E-state index in [-0.39, 0.29) is 5.69 Å². The molecule has 1 aliphatic heterocycles. The lowest BCUT2D eigenvalue weighted by molar-refractivity contribution is -0.384. The number of hydrogen-bond acceptors (Lipinski definition) is 7. The number of aromatic nitrogens is 3. The van der Waals surface area contributed by atoms with Crippen LogP contribution in [0.4, 0.5) is 5.69 Å². The fourth-order valence-electron chi connectivity index (χ4n) is 4.25. The van der Waals surface area contributed by atoms with Gasteiger partial charge in [-0.2, -0.15) is 4.31 Å². The van der Waals surface area contributed by atoms with Crippen LogP contribution in [0.3, 0.4) is 0 Å². The molecule has 2 aromatic carbocycles. The first-order chi connectivity index (χ1) is 15.6. The second-order valence-electron chi connectivity index (χ2n) is 8.30. The van der Waals surface area contributed by atoms with Crippen molar-refractivity contribution in [3.63, 3.8) is 0 Å². The zero-order valence-electron chi connectivity index (χ0n) is 18.8. The molecule has 1 fully saturated rings. The summed E-state index contributed by atoms with van der Waals surface area (Å²) in [7, 11) is -3.55. The van der Waals surface area contributed by atoms with Crippen molar-refractivity contribution in [3.8, 4) is 11.4 Å². The van der Waals surface area contributed by atoms with Gasteiger partial charge in [0.15, 0.2) is 5.82 Å². The van der Waals surface area contributed by atoms with Gasteiger partial charge in [0.05, 0.1) is 16.5 Å². The highest BCUT2D eigenvalue weighted by molar-refractivity contribution is 7.89. The summed E-state index contributed by atoms with van der Waals surface area (Å²) in [5.74, 6) is 0.483. The summed E-state index contributed by atoms with van der Waals surface area (Å²) in [4.78, 5) is 17.2. The Morgan fingerprint density at radius 1 is 1.00 bits per heavy atom. The van der Waals surface area contributed by atoms with Crippen LogP contribution in [-0.4, -0.2) is 63.5 Å². The van der Waals surface area contributed by atoms with Gasteiger partial charge in [-0.3, -0.25) is 15.0 Å². The van der Waals surface area contributed by atoms with Crippen molar-refractivity contribution in [2.75, 3.05) is 26.2 Å². The van der Waals surface area contributed by atoms with Gasteiger partial charge in [-0.25, -0.2) is 18.1 Å². The van der Waals surface area contributed by atoms with Crippen LogP contribution in [0.25, 0.3) is 11.4 Å². The van der Waals surface area contributed by atoms with Crippen LogP contribution in [0.5, 0.6) is 0 Å². The van der Waals surface area contributed by atoms with Crippen molar-refractivity contribution < 1.29 is 13.3 Å². The molecule has 1 aliphatic rings. The minimum atomic E-state index is -3.55. The molecule has 0 radical (unpaired) electrons. The molecule has 0 bridgehead atoms. The SMILES string of the molecule is Cc1cc(C)c(S(=O)(=O)N2CCN(Cn3cnc(-c4ccc([N+](=O)[O-])cc4)n3)CC2)c(C)c1. The Hall–Kier alpha value is -3.15. The highest BCUT2D eigenvalue weighted by Crippen LogP contribution is 2.26. The molecule has 0 spiro atoms. The van der Waals surface area contributed by atoms with Gasteiger partial charge in [0.25, 0.3) is 5.69 Å². The molecule has 10 nitrogen and oxygen atoms in total. The van der Waals surface area contributed by atoms with Crippen molar-refractivity contribution >= 4 is 15.7 Å². The molecule has 3 aromatic rings. The van der Waals surface area contributed by atoms with Gasteiger partial charge in [0.1, 0.15) is 6.33 Å². The maximum atomic E-state index is 13.3. The molecule has 0 N–H and O–H groups in total. The number of aryl methyl sites for hydroxylation is 3. The quantitative estimate of drug-likeness (QED) is 0.402. The summed E-state index contributed by atoms with van der Waals surface area (Å²) in [6, 6.07) is 9.90. The van der Waals surface area contributed by atoms with Gasteiger partial charge in [0, 0.05) is 43.9 Å².